The van der Waals surface area contributed by atoms with Crippen molar-refractivity contribution in [3.63, 3.8) is 0 Å². The number of methoxy groups -OCH3 is 1. The first-order chi connectivity index (χ1) is 15.9. The number of aliphatic carboxylic acids is 1. The number of hydrogen-bond donors (Lipinski definition) is 4. The number of phenolic OH excluding ortho intramolecular Hbond substituents is 1. The van der Waals surface area contributed by atoms with E-state index in [0.29, 0.717) is 17.2 Å². The van der Waals surface area contributed by atoms with Gasteiger partial charge in [-0.25, -0.2) is 4.98 Å². The fourth-order valence-corrected chi connectivity index (χ4v) is 4.69. The first-order valence-corrected chi connectivity index (χ1v) is 11.5. The minimum absolute atomic E-state index is 0.0886. The highest BCUT2D eigenvalue weighted by Gasteiger charge is 2.35. The molecular formula is C25H31N3O5. The Morgan fingerprint density at radius 3 is 2.82 bits per heavy atom. The molecule has 8 heteroatoms. The van der Waals surface area contributed by atoms with E-state index in [1.807, 2.05) is 0 Å². The Labute approximate surface area is 193 Å². The molecule has 1 aliphatic heterocycles. The summed E-state index contributed by atoms with van der Waals surface area (Å²) >= 11 is 0. The first kappa shape index (κ1) is 22.9. The van der Waals surface area contributed by atoms with Crippen molar-refractivity contribution in [3.05, 3.63) is 47.2 Å². The van der Waals surface area contributed by atoms with Crippen LogP contribution in [0.3, 0.4) is 0 Å². The summed E-state index contributed by atoms with van der Waals surface area (Å²) in [6, 6.07) is 8.23. The lowest BCUT2D eigenvalue weighted by Crippen LogP contribution is -2.41. The van der Waals surface area contributed by atoms with Gasteiger partial charge >= 0.3 is 5.97 Å². The number of fused-ring (bicyclic) bond motifs is 1. The van der Waals surface area contributed by atoms with E-state index < -0.39 is 12.0 Å². The van der Waals surface area contributed by atoms with Crippen molar-refractivity contribution in [1.29, 1.82) is 0 Å². The number of rotatable bonds is 9. The van der Waals surface area contributed by atoms with Crippen LogP contribution in [-0.4, -0.2) is 40.7 Å². The summed E-state index contributed by atoms with van der Waals surface area (Å²) < 4.78 is 5.04. The molecule has 1 fully saturated rings. The molecule has 1 saturated carbocycles. The first-order valence-electron chi connectivity index (χ1n) is 11.5. The Bertz CT molecular complexity index is 1020. The van der Waals surface area contributed by atoms with E-state index in [4.69, 9.17) is 9.72 Å². The lowest BCUT2D eigenvalue weighted by Gasteiger charge is -2.35. The SMILES string of the molecule is COc1ccc([C@H](CC(=O)O)NC(=O)C2CC(CCc3ccc4c(n3)NCCC4)C2)cc1O. The molecular weight excluding hydrogens is 422 g/mol. The maximum Gasteiger partial charge on any atom is 0.305 e. The van der Waals surface area contributed by atoms with Crippen molar-refractivity contribution in [3.8, 4) is 11.5 Å². The van der Waals surface area contributed by atoms with Crippen LogP contribution in [0.2, 0.25) is 0 Å². The van der Waals surface area contributed by atoms with Gasteiger partial charge in [0.15, 0.2) is 11.5 Å². The van der Waals surface area contributed by atoms with Crippen LogP contribution in [0.25, 0.3) is 0 Å². The van der Waals surface area contributed by atoms with Crippen molar-refractivity contribution < 1.29 is 24.5 Å². The Morgan fingerprint density at radius 1 is 1.27 bits per heavy atom. The van der Waals surface area contributed by atoms with Gasteiger partial charge in [0.1, 0.15) is 5.82 Å². The van der Waals surface area contributed by atoms with E-state index in [1.165, 1.54) is 18.7 Å². The second-order valence-corrected chi connectivity index (χ2v) is 9.00. The highest BCUT2D eigenvalue weighted by atomic mass is 16.5. The molecule has 4 N–H and O–H groups in total. The third kappa shape index (κ3) is 5.56. The number of benzene rings is 1. The zero-order chi connectivity index (χ0) is 23.4. The van der Waals surface area contributed by atoms with Crippen molar-refractivity contribution in [2.24, 2.45) is 11.8 Å². The third-order valence-corrected chi connectivity index (χ3v) is 6.67. The smallest absolute Gasteiger partial charge is 0.305 e. The van der Waals surface area contributed by atoms with E-state index in [1.54, 1.807) is 12.1 Å². The Hall–Kier alpha value is -3.29. The number of carboxylic acid groups (broad SMARTS) is 1. The average Bonchev–Trinajstić information content (AvgIpc) is 2.77. The van der Waals surface area contributed by atoms with Crippen LogP contribution in [0.5, 0.6) is 11.5 Å². The van der Waals surface area contributed by atoms with E-state index in [9.17, 15) is 19.8 Å². The largest absolute Gasteiger partial charge is 0.504 e. The lowest BCUT2D eigenvalue weighted by molar-refractivity contribution is -0.138. The minimum atomic E-state index is -1.02. The number of anilines is 1. The minimum Gasteiger partial charge on any atom is -0.504 e. The van der Waals surface area contributed by atoms with Gasteiger partial charge in [-0.1, -0.05) is 12.1 Å². The molecule has 2 heterocycles. The lowest BCUT2D eigenvalue weighted by atomic mass is 9.72. The molecule has 8 nitrogen and oxygen atoms in total. The predicted octanol–water partition coefficient (Wildman–Crippen LogP) is 3.44. The van der Waals surface area contributed by atoms with Crippen LogP contribution in [0.15, 0.2) is 30.3 Å². The number of aromatic hydroxyl groups is 1. The van der Waals surface area contributed by atoms with E-state index in [-0.39, 0.29) is 24.0 Å². The monoisotopic (exact) mass is 453 g/mol. The molecule has 1 aromatic heterocycles. The predicted molar refractivity (Wildman–Crippen MR) is 123 cm³/mol. The highest BCUT2D eigenvalue weighted by molar-refractivity contribution is 5.81. The topological polar surface area (TPSA) is 121 Å². The highest BCUT2D eigenvalue weighted by Crippen LogP contribution is 2.38. The fourth-order valence-electron chi connectivity index (χ4n) is 4.69. The van der Waals surface area contributed by atoms with E-state index in [2.05, 4.69) is 22.8 Å². The molecule has 2 aliphatic rings. The molecule has 176 valence electrons. The molecule has 0 unspecified atom stereocenters. The molecule has 1 aromatic carbocycles. The normalized spacial score (nSPS) is 20.0. The van der Waals surface area contributed by atoms with Crippen LogP contribution >= 0.6 is 0 Å². The van der Waals surface area contributed by atoms with Crippen molar-refractivity contribution in [1.82, 2.24) is 10.3 Å². The number of phenols is 1. The number of amides is 1. The van der Waals surface area contributed by atoms with Crippen LogP contribution in [0, 0.1) is 11.8 Å². The number of aromatic nitrogens is 1. The van der Waals surface area contributed by atoms with Gasteiger partial charge in [-0.2, -0.15) is 0 Å². The van der Waals surface area contributed by atoms with Gasteiger partial charge < -0.3 is 25.6 Å². The van der Waals surface area contributed by atoms with Crippen LogP contribution in [-0.2, 0) is 22.4 Å². The standard InChI is InChI=1S/C25H31N3O5/c1-33-22-9-6-17(13-21(22)29)20(14-23(30)31)28-25(32)18-11-15(12-18)4-7-19-8-5-16-3-2-10-26-24(16)27-19/h5-6,8-9,13,15,18,20,29H,2-4,7,10-12,14H2,1H3,(H,26,27)(H,28,32)(H,30,31)/t15?,18?,20-/m0/s1. The molecule has 1 aliphatic carbocycles. The molecule has 0 radical (unpaired) electrons. The fraction of sp³-hybridized carbons (Fsp3) is 0.480. The number of ether oxygens (including phenoxy) is 1. The number of carbonyl (C=O) groups excluding carboxylic acids is 1. The molecule has 0 spiro atoms. The molecule has 1 amide bonds. The Balaban J connectivity index is 1.28. The van der Waals surface area contributed by atoms with Gasteiger partial charge in [-0.05, 0) is 73.8 Å². The molecule has 0 saturated heterocycles. The van der Waals surface area contributed by atoms with Crippen molar-refractivity contribution >= 4 is 17.7 Å². The Morgan fingerprint density at radius 2 is 2.09 bits per heavy atom. The summed E-state index contributed by atoms with van der Waals surface area (Å²) in [7, 11) is 1.44. The summed E-state index contributed by atoms with van der Waals surface area (Å²) in [4.78, 5) is 28.8. The number of carbonyl (C=O) groups is 2. The molecule has 2 aromatic rings. The van der Waals surface area contributed by atoms with Gasteiger partial charge in [0.05, 0.1) is 19.6 Å². The number of hydrogen-bond acceptors (Lipinski definition) is 6. The zero-order valence-corrected chi connectivity index (χ0v) is 18.8. The second kappa shape index (κ2) is 10.1. The van der Waals surface area contributed by atoms with Crippen LogP contribution in [0.4, 0.5) is 5.82 Å². The number of pyridine rings is 1. The summed E-state index contributed by atoms with van der Waals surface area (Å²) in [5.74, 6) is 0.419. The van der Waals surface area contributed by atoms with E-state index in [0.717, 1.165) is 56.6 Å². The average molecular weight is 454 g/mol. The van der Waals surface area contributed by atoms with Crippen molar-refractivity contribution in [2.45, 2.75) is 51.0 Å². The summed E-state index contributed by atoms with van der Waals surface area (Å²) in [6.45, 7) is 0.974. The summed E-state index contributed by atoms with van der Waals surface area (Å²) in [5, 5.41) is 25.6. The number of carboxylic acids is 1. The summed E-state index contributed by atoms with van der Waals surface area (Å²) in [6.07, 6.45) is 5.43. The van der Waals surface area contributed by atoms with E-state index >= 15 is 0 Å². The van der Waals surface area contributed by atoms with Crippen LogP contribution in [0.1, 0.15) is 55.0 Å². The van der Waals surface area contributed by atoms with Crippen LogP contribution < -0.4 is 15.4 Å². The van der Waals surface area contributed by atoms with Crippen molar-refractivity contribution in [2.75, 3.05) is 19.0 Å². The quantitative estimate of drug-likeness (QED) is 0.459. The zero-order valence-electron chi connectivity index (χ0n) is 18.8. The molecule has 0 bridgehead atoms. The van der Waals surface area contributed by atoms with Gasteiger partial charge in [0, 0.05) is 18.2 Å². The maximum atomic E-state index is 12.8. The van der Waals surface area contributed by atoms with Gasteiger partial charge in [0.2, 0.25) is 5.91 Å². The Kier molecular flexibility index (Phi) is 7.01. The van der Waals surface area contributed by atoms with Gasteiger partial charge in [-0.3, -0.25) is 9.59 Å². The number of nitrogens with one attached hydrogen (secondary N) is 2. The summed E-state index contributed by atoms with van der Waals surface area (Å²) in [5.41, 5.74) is 2.90. The molecule has 33 heavy (non-hydrogen) atoms. The molecule has 4 rings (SSSR count). The third-order valence-electron chi connectivity index (χ3n) is 6.67. The number of nitrogens with zero attached hydrogens (tertiary/aromatic N) is 1. The maximum absolute atomic E-state index is 12.8. The van der Waals surface area contributed by atoms with Gasteiger partial charge in [-0.15, -0.1) is 0 Å². The van der Waals surface area contributed by atoms with Gasteiger partial charge in [0.25, 0.3) is 0 Å². The second-order valence-electron chi connectivity index (χ2n) is 9.00. The number of aryl methyl sites for hydroxylation is 2. The molecule has 1 atom stereocenters.